The number of benzene rings is 3. The molecule has 0 saturated carbocycles. The van der Waals surface area contributed by atoms with E-state index in [4.69, 9.17) is 14.2 Å². The number of carbonyl (C=O) groups excluding carboxylic acids is 1. The van der Waals surface area contributed by atoms with E-state index in [1.54, 1.807) is 0 Å². The zero-order valence-corrected chi connectivity index (χ0v) is 20.1. The van der Waals surface area contributed by atoms with Gasteiger partial charge in [-0.1, -0.05) is 72.8 Å². The number of fused-ring (bicyclic) bond motifs is 1. The minimum atomic E-state index is -0.532. The highest BCUT2D eigenvalue weighted by molar-refractivity contribution is 5.94. The third-order valence-corrected chi connectivity index (χ3v) is 6.02. The molecule has 0 spiro atoms. The molecular weight excluding hydrogens is 440 g/mol. The zero-order chi connectivity index (χ0) is 24.5. The largest absolute Gasteiger partial charge is 0.507 e. The smallest absolute Gasteiger partial charge is 0.342 e. The molecule has 3 aromatic rings. The molecule has 182 valence electrons. The van der Waals surface area contributed by atoms with Gasteiger partial charge in [-0.2, -0.15) is 0 Å². The number of aromatic hydroxyl groups is 1. The van der Waals surface area contributed by atoms with Crippen LogP contribution in [-0.4, -0.2) is 23.3 Å². The van der Waals surface area contributed by atoms with Crippen LogP contribution in [0.25, 0.3) is 0 Å². The van der Waals surface area contributed by atoms with E-state index in [1.807, 2.05) is 79.7 Å². The fraction of sp³-hybridized carbons (Fsp3) is 0.300. The number of phenolic OH excluding ortho intramolecular Hbond substituents is 1. The lowest BCUT2D eigenvalue weighted by Crippen LogP contribution is -2.24. The number of carbonyl (C=O) groups is 1. The van der Waals surface area contributed by atoms with Crippen LogP contribution in [0, 0.1) is 0 Å². The second-order valence-corrected chi connectivity index (χ2v) is 8.87. The summed E-state index contributed by atoms with van der Waals surface area (Å²) in [5, 5.41) is 10.7. The summed E-state index contributed by atoms with van der Waals surface area (Å²) in [6.07, 6.45) is 6.50. The number of allylic oxidation sites excluding steroid dienone is 2. The lowest BCUT2D eigenvalue weighted by Gasteiger charge is -2.23. The van der Waals surface area contributed by atoms with Crippen LogP contribution in [0.4, 0.5) is 0 Å². The fourth-order valence-electron chi connectivity index (χ4n) is 4.21. The highest BCUT2D eigenvalue weighted by Crippen LogP contribution is 2.31. The van der Waals surface area contributed by atoms with Crippen molar-refractivity contribution in [3.8, 4) is 11.5 Å². The number of esters is 1. The maximum atomic E-state index is 13.0. The molecule has 0 radical (unpaired) electrons. The van der Waals surface area contributed by atoms with Crippen molar-refractivity contribution < 1.29 is 24.1 Å². The Morgan fingerprint density at radius 3 is 2.34 bits per heavy atom. The van der Waals surface area contributed by atoms with Crippen LogP contribution >= 0.6 is 0 Å². The van der Waals surface area contributed by atoms with Crippen LogP contribution in [0.1, 0.15) is 53.2 Å². The molecule has 5 heteroatoms. The molecule has 1 aliphatic heterocycles. The molecule has 0 saturated heterocycles. The SMILES string of the molecule is C[C@@H]1C[C@H](OCc2ccccc2)CC/C=C\Cc2cc(OCc3ccccc3)cc(O)c2C(=O)O1. The molecule has 1 aliphatic rings. The summed E-state index contributed by atoms with van der Waals surface area (Å²) in [4.78, 5) is 13.0. The zero-order valence-electron chi connectivity index (χ0n) is 20.1. The van der Waals surface area contributed by atoms with E-state index in [2.05, 4.69) is 6.08 Å². The molecule has 0 unspecified atom stereocenters. The molecule has 3 aromatic carbocycles. The van der Waals surface area contributed by atoms with Crippen LogP contribution in [-0.2, 0) is 29.1 Å². The standard InChI is InChI=1S/C30H32O5/c1-22-17-26(33-20-23-11-5-2-6-12-23)16-10-4-9-15-25-18-27(19-28(31)29(25)30(32)35-22)34-21-24-13-7-3-8-14-24/h2-9,11-14,18-19,22,26,31H,10,15-17,20-21H2,1H3/b9-4-/t22-,26-/m1/s1. The topological polar surface area (TPSA) is 65.0 Å². The number of phenols is 1. The summed E-state index contributed by atoms with van der Waals surface area (Å²) in [7, 11) is 0. The van der Waals surface area contributed by atoms with Crippen LogP contribution in [0.15, 0.2) is 84.9 Å². The van der Waals surface area contributed by atoms with Crippen LogP contribution < -0.4 is 4.74 Å². The molecular formula is C30H32O5. The Kier molecular flexibility index (Phi) is 8.58. The Hall–Kier alpha value is -3.57. The third kappa shape index (κ3) is 7.20. The number of hydrogen-bond donors (Lipinski definition) is 1. The van der Waals surface area contributed by atoms with Gasteiger partial charge in [0.05, 0.1) is 12.7 Å². The summed E-state index contributed by atoms with van der Waals surface area (Å²) in [5.74, 6) is -0.152. The van der Waals surface area contributed by atoms with Crippen molar-refractivity contribution in [1.29, 1.82) is 0 Å². The van der Waals surface area contributed by atoms with E-state index in [0.29, 0.717) is 37.4 Å². The maximum absolute atomic E-state index is 13.0. The summed E-state index contributed by atoms with van der Waals surface area (Å²) >= 11 is 0. The molecule has 0 fully saturated rings. The Morgan fingerprint density at radius 1 is 0.943 bits per heavy atom. The van der Waals surface area contributed by atoms with Gasteiger partial charge in [0, 0.05) is 12.5 Å². The van der Waals surface area contributed by atoms with Crippen molar-refractivity contribution in [2.24, 2.45) is 0 Å². The average molecular weight is 473 g/mol. The molecule has 0 bridgehead atoms. The summed E-state index contributed by atoms with van der Waals surface area (Å²) in [6, 6.07) is 23.2. The first-order valence-electron chi connectivity index (χ1n) is 12.1. The van der Waals surface area contributed by atoms with E-state index in [0.717, 1.165) is 24.0 Å². The van der Waals surface area contributed by atoms with Crippen molar-refractivity contribution in [3.05, 3.63) is 107 Å². The molecule has 5 nitrogen and oxygen atoms in total. The van der Waals surface area contributed by atoms with Crippen LogP contribution in [0.2, 0.25) is 0 Å². The Bertz CT molecular complexity index is 1120. The van der Waals surface area contributed by atoms with E-state index < -0.39 is 5.97 Å². The minimum Gasteiger partial charge on any atom is -0.507 e. The molecule has 4 rings (SSSR count). The van der Waals surface area contributed by atoms with E-state index in [-0.39, 0.29) is 23.5 Å². The molecule has 1 N–H and O–H groups in total. The van der Waals surface area contributed by atoms with Gasteiger partial charge >= 0.3 is 5.97 Å². The highest BCUT2D eigenvalue weighted by Gasteiger charge is 2.24. The molecule has 1 heterocycles. The van der Waals surface area contributed by atoms with Gasteiger partial charge in [0.15, 0.2) is 0 Å². The second-order valence-electron chi connectivity index (χ2n) is 8.87. The first-order valence-corrected chi connectivity index (χ1v) is 12.1. The van der Waals surface area contributed by atoms with Crippen molar-refractivity contribution in [1.82, 2.24) is 0 Å². The van der Waals surface area contributed by atoms with Crippen LogP contribution in [0.5, 0.6) is 11.5 Å². The normalized spacial score (nSPS) is 19.5. The Morgan fingerprint density at radius 2 is 1.63 bits per heavy atom. The monoisotopic (exact) mass is 472 g/mol. The summed E-state index contributed by atoms with van der Waals surface area (Å²) in [5.41, 5.74) is 3.01. The average Bonchev–Trinajstić information content (AvgIpc) is 2.86. The van der Waals surface area contributed by atoms with Crippen molar-refractivity contribution >= 4 is 5.97 Å². The Balaban J connectivity index is 1.46. The van der Waals surface area contributed by atoms with E-state index in [1.165, 1.54) is 6.07 Å². The second kappa shape index (κ2) is 12.2. The Labute approximate surface area is 207 Å². The molecule has 35 heavy (non-hydrogen) atoms. The quantitative estimate of drug-likeness (QED) is 0.333. The van der Waals surface area contributed by atoms with Crippen LogP contribution in [0.3, 0.4) is 0 Å². The number of ether oxygens (including phenoxy) is 3. The highest BCUT2D eigenvalue weighted by atomic mass is 16.5. The predicted octanol–water partition coefficient (Wildman–Crippen LogP) is 6.38. The predicted molar refractivity (Wildman–Crippen MR) is 135 cm³/mol. The lowest BCUT2D eigenvalue weighted by atomic mass is 10.0. The van der Waals surface area contributed by atoms with Gasteiger partial charge in [0.2, 0.25) is 0 Å². The van der Waals surface area contributed by atoms with E-state index >= 15 is 0 Å². The number of rotatable bonds is 6. The summed E-state index contributed by atoms with van der Waals surface area (Å²) < 4.78 is 17.8. The number of hydrogen-bond acceptors (Lipinski definition) is 5. The summed E-state index contributed by atoms with van der Waals surface area (Å²) in [6.45, 7) is 2.76. The third-order valence-electron chi connectivity index (χ3n) is 6.02. The first kappa shape index (κ1) is 24.6. The minimum absolute atomic E-state index is 0.0380. The fourth-order valence-corrected chi connectivity index (χ4v) is 4.21. The maximum Gasteiger partial charge on any atom is 0.342 e. The van der Waals surface area contributed by atoms with Crippen molar-refractivity contribution in [2.45, 2.75) is 58.0 Å². The molecule has 2 atom stereocenters. The van der Waals surface area contributed by atoms with Crippen molar-refractivity contribution in [3.63, 3.8) is 0 Å². The first-order chi connectivity index (χ1) is 17.1. The number of cyclic esters (lactones) is 1. The van der Waals surface area contributed by atoms with Crippen molar-refractivity contribution in [2.75, 3.05) is 0 Å². The van der Waals surface area contributed by atoms with Gasteiger partial charge in [0.1, 0.15) is 29.8 Å². The van der Waals surface area contributed by atoms with Gasteiger partial charge in [-0.3, -0.25) is 0 Å². The molecule has 0 amide bonds. The molecule has 0 aliphatic carbocycles. The van der Waals surface area contributed by atoms with E-state index in [9.17, 15) is 9.90 Å². The molecule has 0 aromatic heterocycles. The van der Waals surface area contributed by atoms with Gasteiger partial charge in [-0.15, -0.1) is 0 Å². The van der Waals surface area contributed by atoms with Gasteiger partial charge in [-0.05, 0) is 48.9 Å². The van der Waals surface area contributed by atoms with Gasteiger partial charge < -0.3 is 19.3 Å². The van der Waals surface area contributed by atoms with Gasteiger partial charge in [0.25, 0.3) is 0 Å². The lowest BCUT2D eigenvalue weighted by molar-refractivity contribution is -0.0115. The van der Waals surface area contributed by atoms with Gasteiger partial charge in [-0.25, -0.2) is 4.79 Å².